The summed E-state index contributed by atoms with van der Waals surface area (Å²) in [6.07, 6.45) is 2.24. The van der Waals surface area contributed by atoms with Crippen molar-refractivity contribution in [3.8, 4) is 0 Å². The predicted octanol–water partition coefficient (Wildman–Crippen LogP) is 0.222. The smallest absolute Gasteiger partial charge is 0.0553 e. The van der Waals surface area contributed by atoms with Gasteiger partial charge in [-0.15, -0.1) is 0 Å². The molecule has 0 aromatic heterocycles. The van der Waals surface area contributed by atoms with Gasteiger partial charge < -0.3 is 10.3 Å². The van der Waals surface area contributed by atoms with Gasteiger partial charge in [-0.2, -0.15) is 5.06 Å². The third-order valence-electron chi connectivity index (χ3n) is 1.67. The molecule has 1 fully saturated rings. The third-order valence-corrected chi connectivity index (χ3v) is 1.67. The van der Waals surface area contributed by atoms with Crippen LogP contribution < -0.4 is 0 Å². The number of hydroxylamine groups is 2. The Morgan fingerprint density at radius 3 is 2.78 bits per heavy atom. The number of hydrogen-bond acceptors (Lipinski definition) is 3. The lowest BCUT2D eigenvalue weighted by atomic mass is 10.2. The van der Waals surface area contributed by atoms with Crippen molar-refractivity contribution in [1.82, 2.24) is 5.06 Å². The summed E-state index contributed by atoms with van der Waals surface area (Å²) in [6.45, 7) is 1.32. The monoisotopic (exact) mass is 131 g/mol. The van der Waals surface area contributed by atoms with E-state index in [4.69, 9.17) is 10.3 Å². The van der Waals surface area contributed by atoms with Crippen molar-refractivity contribution >= 4 is 0 Å². The molecule has 1 unspecified atom stereocenters. The number of rotatable bonds is 0. The average Bonchev–Trinajstić information content (AvgIpc) is 1.97. The van der Waals surface area contributed by atoms with Gasteiger partial charge in [0, 0.05) is 13.1 Å². The van der Waals surface area contributed by atoms with Crippen LogP contribution in [0.15, 0.2) is 0 Å². The van der Waals surface area contributed by atoms with Crippen molar-refractivity contribution in [2.45, 2.75) is 25.4 Å². The lowest BCUT2D eigenvalue weighted by Gasteiger charge is -2.08. The second-order valence-electron chi connectivity index (χ2n) is 2.54. The van der Waals surface area contributed by atoms with Crippen LogP contribution in [-0.4, -0.2) is 34.6 Å². The van der Waals surface area contributed by atoms with Crippen molar-refractivity contribution < 1.29 is 10.3 Å². The van der Waals surface area contributed by atoms with Crippen LogP contribution in [0.3, 0.4) is 0 Å². The first-order valence-corrected chi connectivity index (χ1v) is 3.41. The molecule has 1 saturated heterocycles. The second-order valence-corrected chi connectivity index (χ2v) is 2.54. The van der Waals surface area contributed by atoms with Gasteiger partial charge >= 0.3 is 0 Å². The van der Waals surface area contributed by atoms with Crippen molar-refractivity contribution in [2.75, 3.05) is 13.1 Å². The summed E-state index contributed by atoms with van der Waals surface area (Å²) in [7, 11) is 0. The molecular weight excluding hydrogens is 118 g/mol. The molecule has 54 valence electrons. The van der Waals surface area contributed by atoms with E-state index in [-0.39, 0.29) is 6.10 Å². The minimum absolute atomic E-state index is 0.192. The highest BCUT2D eigenvalue weighted by molar-refractivity contribution is 4.62. The normalized spacial score (nSPS) is 32.0. The minimum Gasteiger partial charge on any atom is -0.393 e. The van der Waals surface area contributed by atoms with Gasteiger partial charge in [-0.3, -0.25) is 0 Å². The molecule has 0 amide bonds. The van der Waals surface area contributed by atoms with E-state index in [9.17, 15) is 0 Å². The van der Waals surface area contributed by atoms with Crippen LogP contribution in [0, 0.1) is 0 Å². The maximum atomic E-state index is 9.07. The Bertz CT molecular complexity index is 77.1. The second kappa shape index (κ2) is 3.15. The molecule has 1 aliphatic rings. The largest absolute Gasteiger partial charge is 0.393 e. The molecule has 2 N–H and O–H groups in total. The average molecular weight is 131 g/mol. The first-order chi connectivity index (χ1) is 4.29. The fraction of sp³-hybridized carbons (Fsp3) is 1.00. The molecule has 0 spiro atoms. The summed E-state index contributed by atoms with van der Waals surface area (Å²) in [6, 6.07) is 0. The summed E-state index contributed by atoms with van der Waals surface area (Å²) in [4.78, 5) is 0. The topological polar surface area (TPSA) is 43.7 Å². The van der Waals surface area contributed by atoms with E-state index in [1.165, 1.54) is 5.06 Å². The zero-order chi connectivity index (χ0) is 6.69. The molecule has 1 atom stereocenters. The van der Waals surface area contributed by atoms with Crippen molar-refractivity contribution in [1.29, 1.82) is 0 Å². The number of nitrogens with zero attached hydrogens (tertiary/aromatic N) is 1. The van der Waals surface area contributed by atoms with Gasteiger partial charge in [0.15, 0.2) is 0 Å². The van der Waals surface area contributed by atoms with Crippen LogP contribution in [0.4, 0.5) is 0 Å². The molecule has 0 aliphatic carbocycles. The van der Waals surface area contributed by atoms with Crippen LogP contribution in [0.2, 0.25) is 0 Å². The quantitative estimate of drug-likeness (QED) is 0.494. The Kier molecular flexibility index (Phi) is 2.45. The van der Waals surface area contributed by atoms with Crippen molar-refractivity contribution in [3.05, 3.63) is 0 Å². The Hall–Kier alpha value is -0.120. The summed E-state index contributed by atoms with van der Waals surface area (Å²) in [5, 5.41) is 19.3. The van der Waals surface area contributed by atoms with Crippen LogP contribution in [-0.2, 0) is 0 Å². The molecule has 1 aliphatic heterocycles. The van der Waals surface area contributed by atoms with Gasteiger partial charge in [0.25, 0.3) is 0 Å². The zero-order valence-electron chi connectivity index (χ0n) is 5.45. The van der Waals surface area contributed by atoms with E-state index in [0.717, 1.165) is 12.8 Å². The lowest BCUT2D eigenvalue weighted by Crippen LogP contribution is -2.20. The molecular formula is C6H13NO2. The number of aliphatic hydroxyl groups excluding tert-OH is 1. The molecule has 3 nitrogen and oxygen atoms in total. The Balaban J connectivity index is 2.25. The first-order valence-electron chi connectivity index (χ1n) is 3.41. The van der Waals surface area contributed by atoms with Crippen LogP contribution in [0.25, 0.3) is 0 Å². The molecule has 0 bridgehead atoms. The van der Waals surface area contributed by atoms with E-state index in [1.54, 1.807) is 0 Å². The lowest BCUT2D eigenvalue weighted by molar-refractivity contribution is -0.0890. The molecule has 0 aromatic rings. The molecule has 0 aromatic carbocycles. The third kappa shape index (κ3) is 2.30. The van der Waals surface area contributed by atoms with Crippen LogP contribution in [0.1, 0.15) is 19.3 Å². The van der Waals surface area contributed by atoms with Crippen LogP contribution >= 0.6 is 0 Å². The van der Waals surface area contributed by atoms with Gasteiger partial charge in [0.2, 0.25) is 0 Å². The Labute approximate surface area is 54.9 Å². The van der Waals surface area contributed by atoms with Gasteiger partial charge in [-0.05, 0) is 19.3 Å². The molecule has 0 saturated carbocycles. The summed E-state index contributed by atoms with van der Waals surface area (Å²) in [5.41, 5.74) is 0. The fourth-order valence-corrected chi connectivity index (χ4v) is 1.06. The molecule has 0 radical (unpaired) electrons. The highest BCUT2D eigenvalue weighted by atomic mass is 16.5. The number of hydrogen-bond donors (Lipinski definition) is 2. The van der Waals surface area contributed by atoms with Crippen molar-refractivity contribution in [3.63, 3.8) is 0 Å². The fourth-order valence-electron chi connectivity index (χ4n) is 1.06. The van der Waals surface area contributed by atoms with Gasteiger partial charge in [0.1, 0.15) is 0 Å². The highest BCUT2D eigenvalue weighted by Crippen LogP contribution is 2.07. The van der Waals surface area contributed by atoms with Gasteiger partial charge in [0.05, 0.1) is 6.10 Å². The maximum absolute atomic E-state index is 9.07. The molecule has 1 heterocycles. The number of aliphatic hydroxyl groups is 1. The zero-order valence-corrected chi connectivity index (χ0v) is 5.45. The minimum atomic E-state index is -0.192. The van der Waals surface area contributed by atoms with Gasteiger partial charge in [-0.1, -0.05) is 0 Å². The van der Waals surface area contributed by atoms with E-state index in [2.05, 4.69) is 0 Å². The van der Waals surface area contributed by atoms with Crippen LogP contribution in [0.5, 0.6) is 0 Å². The Morgan fingerprint density at radius 1 is 1.22 bits per heavy atom. The predicted molar refractivity (Wildman–Crippen MR) is 33.2 cm³/mol. The first kappa shape index (κ1) is 6.99. The van der Waals surface area contributed by atoms with Gasteiger partial charge in [-0.25, -0.2) is 0 Å². The summed E-state index contributed by atoms with van der Waals surface area (Å²) >= 11 is 0. The summed E-state index contributed by atoms with van der Waals surface area (Å²) < 4.78 is 0. The maximum Gasteiger partial charge on any atom is 0.0553 e. The van der Waals surface area contributed by atoms with E-state index >= 15 is 0 Å². The molecule has 1 rings (SSSR count). The summed E-state index contributed by atoms with van der Waals surface area (Å²) in [5.74, 6) is 0. The van der Waals surface area contributed by atoms with E-state index < -0.39 is 0 Å². The van der Waals surface area contributed by atoms with E-state index in [0.29, 0.717) is 19.5 Å². The molecule has 9 heavy (non-hydrogen) atoms. The van der Waals surface area contributed by atoms with Crippen molar-refractivity contribution in [2.24, 2.45) is 0 Å². The standard InChI is InChI=1S/C6H13NO2/c8-6-2-1-4-7(9)5-3-6/h6,8-9H,1-5H2. The molecule has 3 heteroatoms. The van der Waals surface area contributed by atoms with E-state index in [1.807, 2.05) is 0 Å². The Morgan fingerprint density at radius 2 is 2.00 bits per heavy atom. The highest BCUT2D eigenvalue weighted by Gasteiger charge is 2.11. The SMILES string of the molecule is OC1CCCN(O)CC1.